The number of hydrogen-bond acceptors (Lipinski definition) is 6. The Hall–Kier alpha value is -3.13. The molecule has 0 bridgehead atoms. The lowest BCUT2D eigenvalue weighted by Gasteiger charge is -2.35. The second-order valence-corrected chi connectivity index (χ2v) is 9.49. The molecule has 188 valence electrons. The number of amides is 1. The van der Waals surface area contributed by atoms with Crippen molar-refractivity contribution in [3.8, 4) is 0 Å². The van der Waals surface area contributed by atoms with Gasteiger partial charge in [0.2, 0.25) is 0 Å². The largest absolute Gasteiger partial charge is 0.480 e. The van der Waals surface area contributed by atoms with E-state index >= 15 is 0 Å². The Balaban J connectivity index is 1.12. The molecular weight excluding hydrogens is 446 g/mol. The summed E-state index contributed by atoms with van der Waals surface area (Å²) in [6.45, 7) is 3.03. The van der Waals surface area contributed by atoms with Gasteiger partial charge in [-0.15, -0.1) is 0 Å². The number of aliphatic carboxylic acids is 1. The van der Waals surface area contributed by atoms with Gasteiger partial charge in [-0.05, 0) is 68.6 Å². The first-order chi connectivity index (χ1) is 17.0. The molecule has 1 aliphatic heterocycles. The SMILES string of the molecule is C[C@@H](OC(=O)N[C@@H](CCO[C@H]1C[C@H](CCc2ccc3c(n2)NCCC3)C1)C(=O)O)c1ccccc1. The van der Waals surface area contributed by atoms with Crippen molar-refractivity contribution in [1.29, 1.82) is 0 Å². The van der Waals surface area contributed by atoms with Crippen LogP contribution in [0.3, 0.4) is 0 Å². The fourth-order valence-corrected chi connectivity index (χ4v) is 4.65. The topological polar surface area (TPSA) is 110 Å². The van der Waals surface area contributed by atoms with E-state index in [2.05, 4.69) is 22.8 Å². The number of aryl methyl sites for hydroxylation is 2. The summed E-state index contributed by atoms with van der Waals surface area (Å²) >= 11 is 0. The van der Waals surface area contributed by atoms with E-state index in [1.54, 1.807) is 6.92 Å². The predicted octanol–water partition coefficient (Wildman–Crippen LogP) is 4.50. The van der Waals surface area contributed by atoms with Crippen LogP contribution < -0.4 is 10.6 Å². The molecule has 2 heterocycles. The molecule has 0 saturated heterocycles. The van der Waals surface area contributed by atoms with Crippen LogP contribution in [0.25, 0.3) is 0 Å². The van der Waals surface area contributed by atoms with Crippen molar-refractivity contribution < 1.29 is 24.2 Å². The Morgan fingerprint density at radius 3 is 2.77 bits per heavy atom. The van der Waals surface area contributed by atoms with Crippen LogP contribution in [0.1, 0.15) is 62.0 Å². The van der Waals surface area contributed by atoms with Crippen molar-refractivity contribution in [2.45, 2.75) is 70.1 Å². The highest BCUT2D eigenvalue weighted by atomic mass is 16.6. The smallest absolute Gasteiger partial charge is 0.408 e. The van der Waals surface area contributed by atoms with Gasteiger partial charge in [0, 0.05) is 25.3 Å². The Labute approximate surface area is 206 Å². The first kappa shape index (κ1) is 25.0. The van der Waals surface area contributed by atoms with Crippen LogP contribution in [0.15, 0.2) is 42.5 Å². The maximum absolute atomic E-state index is 12.2. The summed E-state index contributed by atoms with van der Waals surface area (Å²) in [4.78, 5) is 28.5. The predicted molar refractivity (Wildman–Crippen MR) is 132 cm³/mol. The number of aromatic nitrogens is 1. The molecule has 0 unspecified atom stereocenters. The molecule has 1 aliphatic carbocycles. The minimum absolute atomic E-state index is 0.151. The van der Waals surface area contributed by atoms with E-state index < -0.39 is 24.2 Å². The Morgan fingerprint density at radius 1 is 1.20 bits per heavy atom. The molecule has 0 spiro atoms. The second kappa shape index (κ2) is 12.0. The average Bonchev–Trinajstić information content (AvgIpc) is 2.84. The van der Waals surface area contributed by atoms with Gasteiger partial charge in [-0.2, -0.15) is 0 Å². The van der Waals surface area contributed by atoms with Gasteiger partial charge in [-0.3, -0.25) is 0 Å². The molecule has 2 atom stereocenters. The highest BCUT2D eigenvalue weighted by molar-refractivity contribution is 5.79. The van der Waals surface area contributed by atoms with Crippen LogP contribution in [0, 0.1) is 5.92 Å². The van der Waals surface area contributed by atoms with Crippen LogP contribution >= 0.6 is 0 Å². The molecule has 1 saturated carbocycles. The third kappa shape index (κ3) is 7.18. The summed E-state index contributed by atoms with van der Waals surface area (Å²) in [5, 5.41) is 15.3. The number of carboxylic acids is 1. The van der Waals surface area contributed by atoms with E-state index in [0.29, 0.717) is 5.92 Å². The molecule has 1 fully saturated rings. The molecule has 8 heteroatoms. The third-order valence-electron chi connectivity index (χ3n) is 6.86. The molecule has 8 nitrogen and oxygen atoms in total. The van der Waals surface area contributed by atoms with Crippen molar-refractivity contribution in [1.82, 2.24) is 10.3 Å². The van der Waals surface area contributed by atoms with Crippen LogP contribution in [-0.4, -0.2) is 47.5 Å². The summed E-state index contributed by atoms with van der Waals surface area (Å²) in [6.07, 6.45) is 5.38. The molecule has 3 N–H and O–H groups in total. The van der Waals surface area contributed by atoms with Gasteiger partial charge >= 0.3 is 12.1 Å². The van der Waals surface area contributed by atoms with Crippen LogP contribution in [0.5, 0.6) is 0 Å². The zero-order valence-electron chi connectivity index (χ0n) is 20.2. The molecule has 35 heavy (non-hydrogen) atoms. The monoisotopic (exact) mass is 481 g/mol. The van der Waals surface area contributed by atoms with Gasteiger partial charge in [0.1, 0.15) is 18.0 Å². The summed E-state index contributed by atoms with van der Waals surface area (Å²) < 4.78 is 11.2. The number of alkyl carbamates (subject to hydrolysis) is 1. The molecule has 2 aliphatic rings. The number of rotatable bonds is 11. The van der Waals surface area contributed by atoms with E-state index in [1.807, 2.05) is 30.3 Å². The highest BCUT2D eigenvalue weighted by Gasteiger charge is 2.30. The molecule has 4 rings (SSSR count). The van der Waals surface area contributed by atoms with Crippen molar-refractivity contribution in [2.75, 3.05) is 18.5 Å². The number of carbonyl (C=O) groups excluding carboxylic acids is 1. The number of nitrogens with zero attached hydrogens (tertiary/aromatic N) is 1. The summed E-state index contributed by atoms with van der Waals surface area (Å²) in [6, 6.07) is 12.6. The third-order valence-corrected chi connectivity index (χ3v) is 6.86. The summed E-state index contributed by atoms with van der Waals surface area (Å²) in [5.74, 6) is 0.550. The van der Waals surface area contributed by atoms with Gasteiger partial charge in [0.05, 0.1) is 6.10 Å². The lowest BCUT2D eigenvalue weighted by atomic mass is 9.79. The molecule has 1 aromatic heterocycles. The van der Waals surface area contributed by atoms with Crippen LogP contribution in [-0.2, 0) is 27.1 Å². The molecule has 1 aromatic carbocycles. The van der Waals surface area contributed by atoms with Gasteiger partial charge in [-0.1, -0.05) is 36.4 Å². The average molecular weight is 482 g/mol. The van der Waals surface area contributed by atoms with E-state index in [1.165, 1.54) is 5.56 Å². The Morgan fingerprint density at radius 2 is 2.00 bits per heavy atom. The number of carboxylic acid groups (broad SMARTS) is 1. The van der Waals surface area contributed by atoms with E-state index in [4.69, 9.17) is 14.5 Å². The number of benzene rings is 1. The molecular formula is C27H35N3O5. The number of carbonyl (C=O) groups is 2. The van der Waals surface area contributed by atoms with Gasteiger partial charge in [-0.25, -0.2) is 14.6 Å². The van der Waals surface area contributed by atoms with Crippen LogP contribution in [0.2, 0.25) is 0 Å². The minimum atomic E-state index is -1.10. The number of ether oxygens (including phenoxy) is 2. The second-order valence-electron chi connectivity index (χ2n) is 9.49. The first-order valence-electron chi connectivity index (χ1n) is 12.6. The molecule has 2 aromatic rings. The van der Waals surface area contributed by atoms with Crippen molar-refractivity contribution in [3.05, 3.63) is 59.3 Å². The van der Waals surface area contributed by atoms with Gasteiger partial charge in [0.25, 0.3) is 0 Å². The van der Waals surface area contributed by atoms with Crippen LogP contribution in [0.4, 0.5) is 10.6 Å². The fraction of sp³-hybridized carbons (Fsp3) is 0.519. The maximum atomic E-state index is 12.2. The standard InChI is InChI=1S/C27H35N3O5/c1-18(20-6-3-2-4-7-20)35-27(33)30-24(26(31)32)13-15-34-23-16-19(17-23)9-11-22-12-10-21-8-5-14-28-25(21)29-22/h2-4,6-7,10,12,18-19,23-24H,5,8-9,11,13-17H2,1H3,(H,28,29)(H,30,33)(H,31,32)/t18-,19-,23-,24+/m1/s1. The maximum Gasteiger partial charge on any atom is 0.408 e. The Kier molecular flexibility index (Phi) is 8.58. The van der Waals surface area contributed by atoms with Crippen molar-refractivity contribution in [2.24, 2.45) is 5.92 Å². The fourth-order valence-electron chi connectivity index (χ4n) is 4.65. The quantitative estimate of drug-likeness (QED) is 0.433. The first-order valence-corrected chi connectivity index (χ1v) is 12.6. The number of anilines is 1. The van der Waals surface area contributed by atoms with E-state index in [-0.39, 0.29) is 19.1 Å². The highest BCUT2D eigenvalue weighted by Crippen LogP contribution is 2.34. The van der Waals surface area contributed by atoms with E-state index in [9.17, 15) is 14.7 Å². The lowest BCUT2D eigenvalue weighted by Crippen LogP contribution is -2.42. The summed E-state index contributed by atoms with van der Waals surface area (Å²) in [5.41, 5.74) is 3.29. The minimum Gasteiger partial charge on any atom is -0.480 e. The zero-order valence-corrected chi connectivity index (χ0v) is 20.2. The lowest BCUT2D eigenvalue weighted by molar-refractivity contribution is -0.140. The summed E-state index contributed by atoms with van der Waals surface area (Å²) in [7, 11) is 0. The number of pyridine rings is 1. The van der Waals surface area contributed by atoms with E-state index in [0.717, 1.165) is 62.1 Å². The molecule has 0 radical (unpaired) electrons. The van der Waals surface area contributed by atoms with Crippen molar-refractivity contribution >= 4 is 17.9 Å². The zero-order chi connectivity index (χ0) is 24.6. The Bertz CT molecular complexity index is 994. The number of fused-ring (bicyclic) bond motifs is 1. The normalized spacial score (nSPS) is 20.5. The number of nitrogens with one attached hydrogen (secondary N) is 2. The molecule has 1 amide bonds. The number of hydrogen-bond donors (Lipinski definition) is 3. The van der Waals surface area contributed by atoms with Gasteiger partial charge in [0.15, 0.2) is 0 Å². The van der Waals surface area contributed by atoms with Gasteiger partial charge < -0.3 is 25.2 Å². The van der Waals surface area contributed by atoms with Crippen molar-refractivity contribution in [3.63, 3.8) is 0 Å².